The van der Waals surface area contributed by atoms with Crippen molar-refractivity contribution in [3.05, 3.63) is 124 Å². The highest BCUT2D eigenvalue weighted by Gasteiger charge is 2.34. The Morgan fingerprint density at radius 2 is 1.48 bits per heavy atom. The van der Waals surface area contributed by atoms with Crippen LogP contribution in [0, 0.1) is 12.8 Å². The van der Waals surface area contributed by atoms with E-state index < -0.39 is 28.5 Å². The first-order chi connectivity index (χ1) is 22.0. The maximum Gasteiger partial charge on any atom is 0.264 e. The first-order valence-corrected chi connectivity index (χ1v) is 17.3. The van der Waals surface area contributed by atoms with Crippen molar-refractivity contribution in [2.45, 2.75) is 44.7 Å². The predicted octanol–water partition coefficient (Wildman–Crippen LogP) is 6.37. The Morgan fingerprint density at radius 1 is 0.848 bits per heavy atom. The number of nitrogens with one attached hydrogen (secondary N) is 1. The van der Waals surface area contributed by atoms with Crippen LogP contribution in [-0.4, -0.2) is 51.4 Å². The Balaban J connectivity index is 1.79. The van der Waals surface area contributed by atoms with Gasteiger partial charge in [0.1, 0.15) is 18.3 Å². The first-order valence-electron chi connectivity index (χ1n) is 15.1. The molecule has 0 saturated heterocycles. The van der Waals surface area contributed by atoms with E-state index in [0.717, 1.165) is 25.5 Å². The average molecular weight is 707 g/mol. The molecule has 0 spiro atoms. The van der Waals surface area contributed by atoms with E-state index >= 15 is 0 Å². The van der Waals surface area contributed by atoms with Gasteiger partial charge in [-0.05, 0) is 72.5 Å². The third-order valence-electron chi connectivity index (χ3n) is 7.47. The monoisotopic (exact) mass is 705 g/mol. The summed E-state index contributed by atoms with van der Waals surface area (Å²) in [5.41, 5.74) is 2.87. The van der Waals surface area contributed by atoms with Crippen LogP contribution in [-0.2, 0) is 32.6 Å². The summed E-state index contributed by atoms with van der Waals surface area (Å²) in [7, 11) is -2.66. The minimum absolute atomic E-state index is 0.0525. The molecule has 4 aromatic rings. The fourth-order valence-electron chi connectivity index (χ4n) is 4.88. The summed E-state index contributed by atoms with van der Waals surface area (Å²) >= 11 is 3.46. The van der Waals surface area contributed by atoms with E-state index in [9.17, 15) is 18.0 Å². The molecule has 0 aliphatic carbocycles. The Kier molecular flexibility index (Phi) is 12.0. The minimum Gasteiger partial charge on any atom is -0.497 e. The minimum atomic E-state index is -4.19. The normalized spacial score (nSPS) is 12.0. The number of benzene rings is 4. The standard InChI is InChI=1S/C36H40BrN3O5S/c1-26(2)23-38-36(42)34(22-28-8-6-5-7-9-28)39(24-29-12-14-30(37)15-13-29)35(41)25-40(31-16-18-32(45-4)19-17-31)46(43,44)33-20-10-27(3)11-21-33/h5-21,26,34H,22-25H2,1-4H3,(H,38,42). The maximum absolute atomic E-state index is 14.5. The van der Waals surface area contributed by atoms with Gasteiger partial charge in [0.2, 0.25) is 11.8 Å². The van der Waals surface area contributed by atoms with Gasteiger partial charge in [0.05, 0.1) is 17.7 Å². The molecule has 0 aliphatic rings. The van der Waals surface area contributed by atoms with Gasteiger partial charge in [0.15, 0.2) is 0 Å². The lowest BCUT2D eigenvalue weighted by molar-refractivity contribution is -0.140. The third kappa shape index (κ3) is 9.20. The van der Waals surface area contributed by atoms with E-state index in [4.69, 9.17) is 4.74 Å². The lowest BCUT2D eigenvalue weighted by Crippen LogP contribution is -2.53. The first kappa shape index (κ1) is 34.7. The second-order valence-electron chi connectivity index (χ2n) is 11.5. The summed E-state index contributed by atoms with van der Waals surface area (Å²) in [5.74, 6) is -0.0815. The second kappa shape index (κ2) is 15.9. The quantitative estimate of drug-likeness (QED) is 0.164. The average Bonchev–Trinajstić information content (AvgIpc) is 3.05. The molecular weight excluding hydrogens is 666 g/mol. The number of hydrogen-bond donors (Lipinski definition) is 1. The molecule has 0 saturated carbocycles. The van der Waals surface area contributed by atoms with Crippen molar-refractivity contribution < 1.29 is 22.7 Å². The van der Waals surface area contributed by atoms with Crippen molar-refractivity contribution in [3.63, 3.8) is 0 Å². The Labute approximate surface area is 280 Å². The Hall–Kier alpha value is -4.15. The van der Waals surface area contributed by atoms with Crippen molar-refractivity contribution in [1.29, 1.82) is 0 Å². The Morgan fingerprint density at radius 3 is 2.07 bits per heavy atom. The molecule has 4 aromatic carbocycles. The zero-order valence-electron chi connectivity index (χ0n) is 26.5. The lowest BCUT2D eigenvalue weighted by Gasteiger charge is -2.34. The van der Waals surface area contributed by atoms with Crippen LogP contribution in [0.1, 0.15) is 30.5 Å². The number of sulfonamides is 1. The van der Waals surface area contributed by atoms with Crippen molar-refractivity contribution in [2.75, 3.05) is 24.5 Å². The van der Waals surface area contributed by atoms with Gasteiger partial charge < -0.3 is 15.0 Å². The van der Waals surface area contributed by atoms with Crippen molar-refractivity contribution in [3.8, 4) is 5.75 Å². The van der Waals surface area contributed by atoms with Crippen LogP contribution in [0.25, 0.3) is 0 Å². The second-order valence-corrected chi connectivity index (χ2v) is 14.3. The highest BCUT2D eigenvalue weighted by Crippen LogP contribution is 2.27. The van der Waals surface area contributed by atoms with Gasteiger partial charge in [-0.1, -0.05) is 89.9 Å². The molecule has 2 amide bonds. The maximum atomic E-state index is 14.5. The van der Waals surface area contributed by atoms with Gasteiger partial charge in [-0.2, -0.15) is 0 Å². The summed E-state index contributed by atoms with van der Waals surface area (Å²) in [5, 5.41) is 3.01. The van der Waals surface area contributed by atoms with Gasteiger partial charge >= 0.3 is 0 Å². The fraction of sp³-hybridized carbons (Fsp3) is 0.278. The van der Waals surface area contributed by atoms with Crippen molar-refractivity contribution in [2.24, 2.45) is 5.92 Å². The number of rotatable bonds is 14. The molecule has 1 N–H and O–H groups in total. The molecule has 46 heavy (non-hydrogen) atoms. The number of halogens is 1. The highest BCUT2D eigenvalue weighted by molar-refractivity contribution is 9.10. The fourth-order valence-corrected chi connectivity index (χ4v) is 6.56. The molecular formula is C36H40BrN3O5S. The molecule has 0 fully saturated rings. The van der Waals surface area contributed by atoms with E-state index in [1.807, 2.05) is 75.4 Å². The van der Waals surface area contributed by atoms with Crippen molar-refractivity contribution in [1.82, 2.24) is 10.2 Å². The van der Waals surface area contributed by atoms with E-state index in [1.165, 1.54) is 24.1 Å². The zero-order chi connectivity index (χ0) is 33.3. The van der Waals surface area contributed by atoms with Crippen molar-refractivity contribution >= 4 is 43.5 Å². The summed E-state index contributed by atoms with van der Waals surface area (Å²) in [6, 6.07) is 29.1. The molecule has 4 rings (SSSR count). The lowest BCUT2D eigenvalue weighted by atomic mass is 10.0. The number of anilines is 1. The number of amides is 2. The predicted molar refractivity (Wildman–Crippen MR) is 185 cm³/mol. The molecule has 1 atom stereocenters. The molecule has 1 unspecified atom stereocenters. The highest BCUT2D eigenvalue weighted by atomic mass is 79.9. The van der Waals surface area contributed by atoms with Crippen LogP contribution < -0.4 is 14.4 Å². The molecule has 0 radical (unpaired) electrons. The van der Waals surface area contributed by atoms with Crippen LogP contribution >= 0.6 is 15.9 Å². The van der Waals surface area contributed by atoms with Crippen LogP contribution in [0.2, 0.25) is 0 Å². The third-order valence-corrected chi connectivity index (χ3v) is 9.79. The SMILES string of the molecule is COc1ccc(N(CC(=O)N(Cc2ccc(Br)cc2)C(Cc2ccccc2)C(=O)NCC(C)C)S(=O)(=O)c2ccc(C)cc2)cc1. The summed E-state index contributed by atoms with van der Waals surface area (Å²) in [6.07, 6.45) is 0.250. The number of carbonyl (C=O) groups is 2. The van der Waals surface area contributed by atoms with Gasteiger partial charge in [-0.15, -0.1) is 0 Å². The number of hydrogen-bond acceptors (Lipinski definition) is 5. The molecule has 0 heterocycles. The molecule has 0 aromatic heterocycles. The number of nitrogens with zero attached hydrogens (tertiary/aromatic N) is 2. The smallest absolute Gasteiger partial charge is 0.264 e. The van der Waals surface area contributed by atoms with Gasteiger partial charge in [0, 0.05) is 24.0 Å². The zero-order valence-corrected chi connectivity index (χ0v) is 28.9. The van der Waals surface area contributed by atoms with Crippen LogP contribution in [0.5, 0.6) is 5.75 Å². The van der Waals surface area contributed by atoms with Gasteiger partial charge in [-0.3, -0.25) is 13.9 Å². The number of ether oxygens (including phenoxy) is 1. The molecule has 0 aliphatic heterocycles. The van der Waals surface area contributed by atoms with Gasteiger partial charge in [0.25, 0.3) is 10.0 Å². The van der Waals surface area contributed by atoms with Crippen LogP contribution in [0.3, 0.4) is 0 Å². The number of aryl methyl sites for hydroxylation is 1. The molecule has 8 nitrogen and oxygen atoms in total. The largest absolute Gasteiger partial charge is 0.497 e. The molecule has 10 heteroatoms. The Bertz CT molecular complexity index is 1700. The van der Waals surface area contributed by atoms with E-state index in [-0.39, 0.29) is 29.7 Å². The molecule has 242 valence electrons. The van der Waals surface area contributed by atoms with E-state index in [2.05, 4.69) is 21.2 Å². The summed E-state index contributed by atoms with van der Waals surface area (Å²) in [6.45, 7) is 5.88. The summed E-state index contributed by atoms with van der Waals surface area (Å²) in [4.78, 5) is 29.9. The molecule has 0 bridgehead atoms. The van der Waals surface area contributed by atoms with Crippen LogP contribution in [0.15, 0.2) is 112 Å². The van der Waals surface area contributed by atoms with E-state index in [1.54, 1.807) is 36.4 Å². The number of methoxy groups -OCH3 is 1. The summed E-state index contributed by atoms with van der Waals surface area (Å²) < 4.78 is 35.6. The number of carbonyl (C=O) groups excluding carboxylic acids is 2. The van der Waals surface area contributed by atoms with Crippen LogP contribution in [0.4, 0.5) is 5.69 Å². The topological polar surface area (TPSA) is 96.0 Å². The van der Waals surface area contributed by atoms with Gasteiger partial charge in [-0.25, -0.2) is 8.42 Å². The van der Waals surface area contributed by atoms with E-state index in [0.29, 0.717) is 18.0 Å².